The topological polar surface area (TPSA) is 81.2 Å². The number of fused-ring (bicyclic) bond motifs is 1. The first-order valence-electron chi connectivity index (χ1n) is 15.8. The van der Waals surface area contributed by atoms with Crippen molar-refractivity contribution in [2.24, 2.45) is 0 Å². The number of aromatic nitrogens is 2. The van der Waals surface area contributed by atoms with Crippen LogP contribution in [0.1, 0.15) is 24.5 Å². The van der Waals surface area contributed by atoms with Crippen LogP contribution in [0, 0.1) is 0 Å². The van der Waals surface area contributed by atoms with E-state index in [-0.39, 0.29) is 0 Å². The first-order chi connectivity index (χ1) is 21.7. The quantitative estimate of drug-likeness (QED) is 0.122. The molecule has 1 saturated heterocycles. The summed E-state index contributed by atoms with van der Waals surface area (Å²) in [5.74, 6) is 0.990. The molecule has 0 saturated carbocycles. The molecular formula is C33H50N5O4PS. The predicted octanol–water partition coefficient (Wildman–Crippen LogP) is 4.86. The maximum Gasteiger partial charge on any atom is 0.0940 e. The largest absolute Gasteiger partial charge is 0.382 e. The van der Waals surface area contributed by atoms with Gasteiger partial charge in [0.15, 0.2) is 0 Å². The Morgan fingerprint density at radius 1 is 0.955 bits per heavy atom. The Morgan fingerprint density at radius 2 is 1.70 bits per heavy atom. The van der Waals surface area contributed by atoms with Gasteiger partial charge in [0.2, 0.25) is 0 Å². The van der Waals surface area contributed by atoms with Crippen molar-refractivity contribution in [2.75, 3.05) is 98.4 Å². The molecule has 4 rings (SSSR count). The van der Waals surface area contributed by atoms with Crippen molar-refractivity contribution in [3.05, 3.63) is 60.2 Å². The molecular weight excluding hydrogens is 593 g/mol. The number of pyridine rings is 2. The number of hydrogen-bond donors (Lipinski definition) is 1. The first kappa shape index (κ1) is 34.7. The Balaban J connectivity index is 1.04. The number of nitrogens with one attached hydrogen (secondary N) is 1. The molecule has 3 aromatic heterocycles. The van der Waals surface area contributed by atoms with Crippen LogP contribution in [-0.4, -0.2) is 118 Å². The van der Waals surface area contributed by atoms with Crippen LogP contribution in [0.2, 0.25) is 0 Å². The zero-order chi connectivity index (χ0) is 30.8. The van der Waals surface area contributed by atoms with Crippen molar-refractivity contribution in [1.29, 1.82) is 0 Å². The number of hydrogen-bond acceptors (Lipinski definition) is 10. The maximum absolute atomic E-state index is 5.80. The lowest BCUT2D eigenvalue weighted by Crippen LogP contribution is -2.47. The number of methoxy groups -OCH3 is 1. The third-order valence-electron chi connectivity index (χ3n) is 7.48. The summed E-state index contributed by atoms with van der Waals surface area (Å²) in [6.45, 7) is 16.9. The second-order valence-electron chi connectivity index (χ2n) is 10.8. The van der Waals surface area contributed by atoms with Crippen LogP contribution >= 0.6 is 19.9 Å². The van der Waals surface area contributed by atoms with Gasteiger partial charge in [0.25, 0.3) is 0 Å². The number of piperazine rings is 1. The lowest BCUT2D eigenvalue weighted by molar-refractivity contribution is 0.0285. The molecule has 1 N–H and O–H groups in total. The minimum atomic E-state index is 0.624. The summed E-state index contributed by atoms with van der Waals surface area (Å²) < 4.78 is 23.0. The van der Waals surface area contributed by atoms with Gasteiger partial charge in [-0.05, 0) is 48.1 Å². The van der Waals surface area contributed by atoms with Gasteiger partial charge in [0.05, 0.1) is 72.9 Å². The minimum absolute atomic E-state index is 0.624. The van der Waals surface area contributed by atoms with Gasteiger partial charge < -0.3 is 29.2 Å². The standard InChI is InChI=1S/C33H50N5O4PS/c1-4-5-29-8-9-35-31-24-32(44-33(29)31)30-7-6-28(25-36-30)26-37-11-13-38(14-12-37)27(2)34-10-15-40-20-22-43-23-21-42-19-18-41-17-16-39-3/h6-9,24-25,34,43H,2,4-5,10-23,26H2,1,3H3. The van der Waals surface area contributed by atoms with E-state index in [0.29, 0.717) is 33.0 Å². The fourth-order valence-electron chi connectivity index (χ4n) is 5.04. The van der Waals surface area contributed by atoms with Crippen LogP contribution in [0.3, 0.4) is 0 Å². The summed E-state index contributed by atoms with van der Waals surface area (Å²) in [4.78, 5) is 15.4. The smallest absolute Gasteiger partial charge is 0.0940 e. The van der Waals surface area contributed by atoms with Gasteiger partial charge in [0.1, 0.15) is 0 Å². The number of ether oxygens (including phenoxy) is 4. The molecule has 1 aliphatic rings. The van der Waals surface area contributed by atoms with E-state index in [1.54, 1.807) is 18.4 Å². The lowest BCUT2D eigenvalue weighted by Gasteiger charge is -2.37. The van der Waals surface area contributed by atoms with E-state index in [0.717, 1.165) is 103 Å². The van der Waals surface area contributed by atoms with Crippen LogP contribution in [0.4, 0.5) is 0 Å². The molecule has 3 aromatic rings. The molecule has 11 heteroatoms. The molecule has 0 spiro atoms. The molecule has 9 nitrogen and oxygen atoms in total. The van der Waals surface area contributed by atoms with Crippen LogP contribution in [0.5, 0.6) is 0 Å². The second kappa shape index (κ2) is 20.1. The molecule has 0 bridgehead atoms. The molecule has 44 heavy (non-hydrogen) atoms. The van der Waals surface area contributed by atoms with E-state index in [1.165, 1.54) is 20.7 Å². The third-order valence-corrected chi connectivity index (χ3v) is 9.81. The summed E-state index contributed by atoms with van der Waals surface area (Å²) in [7, 11) is 2.54. The molecule has 4 heterocycles. The van der Waals surface area contributed by atoms with Crippen LogP contribution < -0.4 is 5.32 Å². The van der Waals surface area contributed by atoms with E-state index >= 15 is 0 Å². The Labute approximate surface area is 269 Å². The summed E-state index contributed by atoms with van der Waals surface area (Å²) >= 11 is 1.80. The second-order valence-corrected chi connectivity index (χ2v) is 13.4. The number of rotatable bonds is 22. The number of aryl methyl sites for hydroxylation is 1. The van der Waals surface area contributed by atoms with Gasteiger partial charge in [-0.25, -0.2) is 0 Å². The van der Waals surface area contributed by atoms with Gasteiger partial charge in [0, 0.05) is 58.8 Å². The Morgan fingerprint density at radius 3 is 2.43 bits per heavy atom. The van der Waals surface area contributed by atoms with Crippen molar-refractivity contribution in [3.8, 4) is 10.6 Å². The van der Waals surface area contributed by atoms with Gasteiger partial charge in [-0.2, -0.15) is 0 Å². The highest BCUT2D eigenvalue weighted by Crippen LogP contribution is 2.34. The van der Waals surface area contributed by atoms with Crippen molar-refractivity contribution >= 4 is 30.1 Å². The molecule has 0 aromatic carbocycles. The van der Waals surface area contributed by atoms with E-state index in [9.17, 15) is 0 Å². The predicted molar refractivity (Wildman–Crippen MR) is 183 cm³/mol. The Bertz CT molecular complexity index is 1240. The van der Waals surface area contributed by atoms with E-state index < -0.39 is 0 Å². The molecule has 0 amide bonds. The fraction of sp³-hybridized carbons (Fsp3) is 0.576. The molecule has 0 radical (unpaired) electrons. The highest BCUT2D eigenvalue weighted by Gasteiger charge is 2.18. The molecule has 242 valence electrons. The average Bonchev–Trinajstić information content (AvgIpc) is 3.49. The highest BCUT2D eigenvalue weighted by molar-refractivity contribution is 7.38. The normalized spacial score (nSPS) is 14.3. The number of thiophene rings is 1. The summed E-state index contributed by atoms with van der Waals surface area (Å²) in [5.41, 5.74) is 4.74. The third kappa shape index (κ3) is 11.6. The fourth-order valence-corrected chi connectivity index (χ4v) is 7.00. The maximum atomic E-state index is 5.80. The van der Waals surface area contributed by atoms with Crippen molar-refractivity contribution < 1.29 is 18.9 Å². The molecule has 1 atom stereocenters. The van der Waals surface area contributed by atoms with Crippen LogP contribution in [0.15, 0.2) is 49.1 Å². The van der Waals surface area contributed by atoms with E-state index in [2.05, 4.69) is 57.9 Å². The summed E-state index contributed by atoms with van der Waals surface area (Å²) in [5, 5.41) is 3.44. The first-order valence-corrected chi connectivity index (χ1v) is 18.1. The summed E-state index contributed by atoms with van der Waals surface area (Å²) in [6, 6.07) is 8.70. The van der Waals surface area contributed by atoms with Crippen molar-refractivity contribution in [1.82, 2.24) is 25.1 Å². The minimum Gasteiger partial charge on any atom is -0.382 e. The number of nitrogens with zero attached hydrogens (tertiary/aromatic N) is 4. The van der Waals surface area contributed by atoms with Gasteiger partial charge in [-0.15, -0.1) is 19.9 Å². The highest BCUT2D eigenvalue weighted by atomic mass is 32.1. The van der Waals surface area contributed by atoms with Crippen molar-refractivity contribution in [3.63, 3.8) is 0 Å². The Kier molecular flexibility index (Phi) is 15.8. The van der Waals surface area contributed by atoms with E-state index in [1.807, 2.05) is 12.4 Å². The zero-order valence-corrected chi connectivity index (χ0v) is 28.3. The van der Waals surface area contributed by atoms with E-state index in [4.69, 9.17) is 23.9 Å². The van der Waals surface area contributed by atoms with Crippen LogP contribution in [-0.2, 0) is 31.9 Å². The van der Waals surface area contributed by atoms with Crippen molar-refractivity contribution in [2.45, 2.75) is 26.3 Å². The zero-order valence-electron chi connectivity index (χ0n) is 26.5. The van der Waals surface area contributed by atoms with Gasteiger partial charge in [-0.3, -0.25) is 14.9 Å². The average molecular weight is 644 g/mol. The van der Waals surface area contributed by atoms with Gasteiger partial charge in [-0.1, -0.05) is 26.0 Å². The monoisotopic (exact) mass is 643 g/mol. The molecule has 1 unspecified atom stereocenters. The Hall–Kier alpha value is -2.17. The lowest BCUT2D eigenvalue weighted by atomic mass is 10.1. The van der Waals surface area contributed by atoms with Crippen LogP contribution in [0.25, 0.3) is 20.8 Å². The SMILES string of the molecule is C=C(NCCOCCPCCOCCOCCOC)N1CCN(Cc2ccc(-c3cc4nccc(CCC)c4s3)nc2)CC1. The van der Waals surface area contributed by atoms with Gasteiger partial charge >= 0.3 is 0 Å². The molecule has 1 aliphatic heterocycles. The summed E-state index contributed by atoms with van der Waals surface area (Å²) in [6.07, 6.45) is 8.34. The molecule has 1 fully saturated rings. The molecule has 0 aliphatic carbocycles.